The van der Waals surface area contributed by atoms with E-state index in [0.717, 1.165) is 65.9 Å². The Bertz CT molecular complexity index is 4560. The maximum atomic E-state index is 9.87. The predicted molar refractivity (Wildman–Crippen MR) is 259 cm³/mol. The summed E-state index contributed by atoms with van der Waals surface area (Å²) in [5, 5.41) is 3.67. The monoisotopic (exact) mass is 812 g/mol. The highest BCUT2D eigenvalue weighted by molar-refractivity contribution is 6.25. The van der Waals surface area contributed by atoms with Crippen molar-refractivity contribution in [2.45, 2.75) is 0 Å². The Labute approximate surface area is 374 Å². The lowest BCUT2D eigenvalue weighted by Gasteiger charge is -2.13. The molecule has 63 heavy (non-hydrogen) atoms. The fourth-order valence-electron chi connectivity index (χ4n) is 9.79. The van der Waals surface area contributed by atoms with Gasteiger partial charge in [0.15, 0.2) is 5.82 Å². The summed E-state index contributed by atoms with van der Waals surface area (Å²) in [4.78, 5) is 16.0. The van der Waals surface area contributed by atoms with Crippen molar-refractivity contribution in [3.05, 3.63) is 206 Å². The van der Waals surface area contributed by atoms with Gasteiger partial charge in [0.25, 0.3) is 0 Å². The molecule has 0 aliphatic heterocycles. The molecule has 5 aromatic heterocycles. The van der Waals surface area contributed by atoms with E-state index in [-0.39, 0.29) is 61.4 Å². The van der Waals surface area contributed by atoms with Crippen molar-refractivity contribution in [3.63, 3.8) is 0 Å². The molecule has 0 atom stereocenters. The highest BCUT2D eigenvalue weighted by Crippen LogP contribution is 2.44. The second-order valence-electron chi connectivity index (χ2n) is 15.6. The summed E-state index contributed by atoms with van der Waals surface area (Å²) in [5.41, 5.74) is 7.02. The van der Waals surface area contributed by atoms with Crippen LogP contribution in [0.1, 0.15) is 13.7 Å². The molecule has 0 aliphatic carbocycles. The number of hydrogen-bond donors (Lipinski definition) is 0. The molecule has 0 spiro atoms. The average molecular weight is 813 g/mol. The minimum absolute atomic E-state index is 0.00000710. The van der Waals surface area contributed by atoms with Crippen molar-refractivity contribution >= 4 is 81.7 Å². The molecule has 5 heterocycles. The summed E-state index contributed by atoms with van der Waals surface area (Å²) in [6, 6.07) is 43.5. The Balaban J connectivity index is 1.20. The van der Waals surface area contributed by atoms with Gasteiger partial charge < -0.3 is 4.40 Å². The van der Waals surface area contributed by atoms with Gasteiger partial charge in [0.05, 0.1) is 52.3 Å². The zero-order valence-corrected chi connectivity index (χ0v) is 33.0. The van der Waals surface area contributed by atoms with Crippen LogP contribution < -0.4 is 0 Å². The summed E-state index contributed by atoms with van der Waals surface area (Å²) < 4.78 is 97.7. The number of para-hydroxylation sites is 5. The van der Waals surface area contributed by atoms with E-state index in [1.807, 2.05) is 106 Å². The van der Waals surface area contributed by atoms with E-state index in [2.05, 4.69) is 48.5 Å². The molecule has 14 aromatic rings. The van der Waals surface area contributed by atoms with E-state index in [9.17, 15) is 8.22 Å². The molecule has 0 fully saturated rings. The highest BCUT2D eigenvalue weighted by Gasteiger charge is 2.25. The van der Waals surface area contributed by atoms with Gasteiger partial charge in [-0.2, -0.15) is 15.0 Å². The molecular formula is C57H34N6. The van der Waals surface area contributed by atoms with Crippen LogP contribution in [0, 0.1) is 0 Å². The molecule has 6 nitrogen and oxygen atoms in total. The molecule has 9 aromatic carbocycles. The molecule has 0 aliphatic rings. The molecule has 292 valence electrons. The van der Waals surface area contributed by atoms with Gasteiger partial charge in [0.1, 0.15) is 0 Å². The standard InChI is InChI=1S/C57H34N6/c1-3-17-35(18-4-1)37-24-15-33-49-51(37)43-22-8-11-31-47(43)61(49)56-58-55(45-29-14-28-42-41-27-13-26-40-39-21-7-10-30-46(39)63(53(40)41)54(42)45)59-57(60-56)62-48-32-12-9-23-44(48)52-38(25-16-34-50(52)62)36-19-5-2-6-20-36/h1-34H/i7D,10D,13D,14D,21D,26D,27D,28D,29D,30D. The number of aromatic nitrogens is 6. The average Bonchev–Trinajstić information content (AvgIpc) is 4.16. The van der Waals surface area contributed by atoms with E-state index >= 15 is 0 Å². The number of hydrogen-bond acceptors (Lipinski definition) is 3. The van der Waals surface area contributed by atoms with E-state index in [1.54, 1.807) is 0 Å². The van der Waals surface area contributed by atoms with E-state index < -0.39 is 60.4 Å². The topological polar surface area (TPSA) is 52.9 Å². The minimum atomic E-state index is -0.557. The Morgan fingerprint density at radius 1 is 0.333 bits per heavy atom. The Morgan fingerprint density at radius 3 is 1.41 bits per heavy atom. The highest BCUT2D eigenvalue weighted by atomic mass is 15.3. The normalized spacial score (nSPS) is 14.3. The lowest BCUT2D eigenvalue weighted by Crippen LogP contribution is -2.10. The van der Waals surface area contributed by atoms with Gasteiger partial charge in [-0.15, -0.1) is 0 Å². The van der Waals surface area contributed by atoms with Crippen LogP contribution in [-0.2, 0) is 0 Å². The van der Waals surface area contributed by atoms with E-state index in [1.165, 1.54) is 4.40 Å². The van der Waals surface area contributed by atoms with E-state index in [4.69, 9.17) is 20.4 Å². The largest absolute Gasteiger partial charge is 0.307 e. The van der Waals surface area contributed by atoms with Crippen LogP contribution >= 0.6 is 0 Å². The van der Waals surface area contributed by atoms with Crippen LogP contribution in [0.15, 0.2) is 206 Å². The Kier molecular flexibility index (Phi) is 5.32. The van der Waals surface area contributed by atoms with Crippen molar-refractivity contribution in [3.8, 4) is 45.5 Å². The summed E-state index contributed by atoms with van der Waals surface area (Å²) in [6.07, 6.45) is 0. The summed E-state index contributed by atoms with van der Waals surface area (Å²) in [7, 11) is 0. The quantitative estimate of drug-likeness (QED) is 0.174. The smallest absolute Gasteiger partial charge is 0.240 e. The predicted octanol–water partition coefficient (Wildman–Crippen LogP) is 14.2. The second kappa shape index (κ2) is 12.9. The van der Waals surface area contributed by atoms with Crippen molar-refractivity contribution in [2.24, 2.45) is 0 Å². The number of fused-ring (bicyclic) bond motifs is 12. The molecule has 0 N–H and O–H groups in total. The van der Waals surface area contributed by atoms with Crippen LogP contribution in [-0.4, -0.2) is 28.5 Å². The van der Waals surface area contributed by atoms with Crippen molar-refractivity contribution in [1.29, 1.82) is 0 Å². The fraction of sp³-hybridized carbons (Fsp3) is 0. The van der Waals surface area contributed by atoms with Crippen molar-refractivity contribution in [1.82, 2.24) is 28.5 Å². The zero-order valence-electron chi connectivity index (χ0n) is 43.0. The molecular weight excluding hydrogens is 769 g/mol. The van der Waals surface area contributed by atoms with Crippen LogP contribution in [0.2, 0.25) is 0 Å². The maximum absolute atomic E-state index is 9.87. The first-order chi connectivity index (χ1) is 35.5. The summed E-state index contributed by atoms with van der Waals surface area (Å²) in [6.45, 7) is 0. The summed E-state index contributed by atoms with van der Waals surface area (Å²) >= 11 is 0. The van der Waals surface area contributed by atoms with Crippen LogP contribution in [0.25, 0.3) is 127 Å². The molecule has 6 heteroatoms. The van der Waals surface area contributed by atoms with Gasteiger partial charge in [0, 0.05) is 48.7 Å². The third kappa shape index (κ3) is 4.74. The Morgan fingerprint density at radius 2 is 0.810 bits per heavy atom. The number of rotatable bonds is 5. The third-order valence-electron chi connectivity index (χ3n) is 12.3. The van der Waals surface area contributed by atoms with E-state index in [0.29, 0.717) is 0 Å². The van der Waals surface area contributed by atoms with Gasteiger partial charge in [-0.05, 0) is 58.6 Å². The molecule has 14 rings (SSSR count). The third-order valence-corrected chi connectivity index (χ3v) is 12.3. The first-order valence-electron chi connectivity index (χ1n) is 25.6. The molecule has 0 unspecified atom stereocenters. The first kappa shape index (κ1) is 25.9. The molecule has 0 amide bonds. The van der Waals surface area contributed by atoms with Crippen molar-refractivity contribution < 1.29 is 13.7 Å². The van der Waals surface area contributed by atoms with Gasteiger partial charge in [-0.3, -0.25) is 9.13 Å². The molecule has 0 saturated heterocycles. The van der Waals surface area contributed by atoms with Gasteiger partial charge in [-0.1, -0.05) is 170 Å². The number of nitrogens with zero attached hydrogens (tertiary/aromatic N) is 6. The van der Waals surface area contributed by atoms with Crippen molar-refractivity contribution in [2.75, 3.05) is 0 Å². The number of benzene rings is 9. The molecule has 0 radical (unpaired) electrons. The Hall–Kier alpha value is -8.61. The lowest BCUT2D eigenvalue weighted by molar-refractivity contribution is 0.893. The van der Waals surface area contributed by atoms with Crippen LogP contribution in [0.4, 0.5) is 0 Å². The summed E-state index contributed by atoms with van der Waals surface area (Å²) in [5.74, 6) is 0.204. The SMILES string of the molecule is [2H]c1c([2H])c([2H])c2c(c1[2H])c1c([2H])c([2H])c([2H])c3c4c([2H])c([2H])c([2H])c(-c5nc(-n6c7ccccc7c7c(-c8ccccc8)cccc76)nc(-n6c7ccccc7c7c(-c8ccccc8)cccc76)n5)c4n2c13. The fourth-order valence-corrected chi connectivity index (χ4v) is 9.79. The van der Waals surface area contributed by atoms with Crippen LogP contribution in [0.5, 0.6) is 0 Å². The van der Waals surface area contributed by atoms with Crippen LogP contribution in [0.3, 0.4) is 0 Å². The minimum Gasteiger partial charge on any atom is -0.307 e. The zero-order chi connectivity index (χ0) is 49.9. The molecule has 0 saturated carbocycles. The molecule has 0 bridgehead atoms. The maximum Gasteiger partial charge on any atom is 0.240 e. The lowest BCUT2D eigenvalue weighted by atomic mass is 9.99. The van der Waals surface area contributed by atoms with Gasteiger partial charge in [-0.25, -0.2) is 0 Å². The first-order valence-corrected chi connectivity index (χ1v) is 20.6. The van der Waals surface area contributed by atoms with Gasteiger partial charge >= 0.3 is 0 Å². The van der Waals surface area contributed by atoms with Gasteiger partial charge in [0.2, 0.25) is 11.9 Å². The second-order valence-corrected chi connectivity index (χ2v) is 15.6.